The van der Waals surface area contributed by atoms with Gasteiger partial charge in [-0.2, -0.15) is 0 Å². The quantitative estimate of drug-likeness (QED) is 0.899. The van der Waals surface area contributed by atoms with Crippen LogP contribution in [0.3, 0.4) is 0 Å². The lowest BCUT2D eigenvalue weighted by molar-refractivity contribution is -0.128. The van der Waals surface area contributed by atoms with E-state index >= 15 is 0 Å². The van der Waals surface area contributed by atoms with Crippen molar-refractivity contribution in [2.45, 2.75) is 25.8 Å². The molecule has 0 aromatic heterocycles. The van der Waals surface area contributed by atoms with Gasteiger partial charge in [0.1, 0.15) is 11.6 Å². The number of hydrogen-bond acceptors (Lipinski definition) is 2. The molecule has 0 saturated carbocycles. The highest BCUT2D eigenvalue weighted by atomic mass is 19.1. The molecule has 0 aliphatic carbocycles. The average Bonchev–Trinajstić information content (AvgIpc) is 2.70. The second-order valence-electron chi connectivity index (χ2n) is 5.91. The van der Waals surface area contributed by atoms with Gasteiger partial charge in [0.15, 0.2) is 0 Å². The number of hydrogen-bond donors (Lipinski definition) is 1. The first-order valence-corrected chi connectivity index (χ1v) is 7.00. The number of piperidine rings is 1. The Morgan fingerprint density at radius 2 is 2.00 bits per heavy atom. The Balaban J connectivity index is 1.73. The Kier molecular flexibility index (Phi) is 3.46. The Hall–Kier alpha value is -1.49. The number of carbonyl (C=O) groups excluding carboxylic acids is 1. The molecule has 3 nitrogen and oxygen atoms in total. The molecule has 0 unspecified atom stereocenters. The van der Waals surface area contributed by atoms with E-state index in [1.54, 1.807) is 4.90 Å². The third kappa shape index (κ3) is 2.54. The average molecular weight is 280 g/mol. The van der Waals surface area contributed by atoms with Crippen molar-refractivity contribution >= 4 is 5.91 Å². The zero-order valence-electron chi connectivity index (χ0n) is 11.3. The summed E-state index contributed by atoms with van der Waals surface area (Å²) in [5, 5.41) is 3.30. The molecule has 2 fully saturated rings. The first-order chi connectivity index (χ1) is 9.58. The van der Waals surface area contributed by atoms with E-state index in [0.29, 0.717) is 18.5 Å². The fourth-order valence-electron chi connectivity index (χ4n) is 3.27. The van der Waals surface area contributed by atoms with E-state index in [9.17, 15) is 13.6 Å². The highest BCUT2D eigenvalue weighted by molar-refractivity contribution is 5.79. The first kappa shape index (κ1) is 13.5. The molecule has 0 bridgehead atoms. The van der Waals surface area contributed by atoms with Crippen molar-refractivity contribution in [3.8, 4) is 0 Å². The molecular weight excluding hydrogens is 262 g/mol. The largest absolute Gasteiger partial charge is 0.338 e. The third-order valence-corrected chi connectivity index (χ3v) is 4.45. The van der Waals surface area contributed by atoms with E-state index in [4.69, 9.17) is 0 Å². The van der Waals surface area contributed by atoms with E-state index in [1.807, 2.05) is 0 Å². The number of halogens is 2. The normalized spacial score (nSPS) is 21.7. The standard InChI is InChI=1S/C15H18F2N2O/c16-12-2-1-11(13(17)7-12)9-19-10-15(8-14(19)20)3-5-18-6-4-15/h1-2,7,18H,3-6,8-10H2. The monoisotopic (exact) mass is 280 g/mol. The summed E-state index contributed by atoms with van der Waals surface area (Å²) in [7, 11) is 0. The lowest BCUT2D eigenvalue weighted by atomic mass is 9.78. The summed E-state index contributed by atoms with van der Waals surface area (Å²) in [5.41, 5.74) is 0.435. The lowest BCUT2D eigenvalue weighted by Crippen LogP contribution is -2.38. The number of likely N-dealkylation sites (tertiary alicyclic amines) is 1. The number of amides is 1. The minimum absolute atomic E-state index is 0.0544. The van der Waals surface area contributed by atoms with E-state index in [1.165, 1.54) is 12.1 Å². The van der Waals surface area contributed by atoms with Gasteiger partial charge in [0.2, 0.25) is 5.91 Å². The van der Waals surface area contributed by atoms with Crippen LogP contribution in [0.1, 0.15) is 24.8 Å². The predicted octanol–water partition coefficient (Wildman–Crippen LogP) is 2.07. The van der Waals surface area contributed by atoms with Gasteiger partial charge in [-0.15, -0.1) is 0 Å². The minimum Gasteiger partial charge on any atom is -0.338 e. The Bertz CT molecular complexity index is 527. The predicted molar refractivity (Wildman–Crippen MR) is 70.9 cm³/mol. The van der Waals surface area contributed by atoms with Crippen LogP contribution in [-0.2, 0) is 11.3 Å². The molecule has 20 heavy (non-hydrogen) atoms. The van der Waals surface area contributed by atoms with Crippen molar-refractivity contribution in [1.82, 2.24) is 10.2 Å². The van der Waals surface area contributed by atoms with Crippen LogP contribution in [0.25, 0.3) is 0 Å². The number of nitrogens with zero attached hydrogens (tertiary/aromatic N) is 1. The van der Waals surface area contributed by atoms with Crippen LogP contribution in [0.15, 0.2) is 18.2 Å². The van der Waals surface area contributed by atoms with Crippen LogP contribution in [0, 0.1) is 17.0 Å². The molecule has 2 aliphatic rings. The van der Waals surface area contributed by atoms with E-state index in [-0.39, 0.29) is 17.9 Å². The van der Waals surface area contributed by atoms with Crippen molar-refractivity contribution in [2.24, 2.45) is 5.41 Å². The van der Waals surface area contributed by atoms with Crippen molar-refractivity contribution < 1.29 is 13.6 Å². The van der Waals surface area contributed by atoms with Gasteiger partial charge in [-0.25, -0.2) is 8.78 Å². The van der Waals surface area contributed by atoms with Crippen molar-refractivity contribution in [3.63, 3.8) is 0 Å². The molecule has 3 rings (SSSR count). The topological polar surface area (TPSA) is 32.3 Å². The van der Waals surface area contributed by atoms with Gasteiger partial charge in [-0.3, -0.25) is 4.79 Å². The van der Waals surface area contributed by atoms with Gasteiger partial charge >= 0.3 is 0 Å². The van der Waals surface area contributed by atoms with Gasteiger partial charge < -0.3 is 10.2 Å². The van der Waals surface area contributed by atoms with Crippen LogP contribution < -0.4 is 5.32 Å². The van der Waals surface area contributed by atoms with E-state index in [2.05, 4.69) is 5.32 Å². The zero-order valence-corrected chi connectivity index (χ0v) is 11.3. The van der Waals surface area contributed by atoms with Crippen LogP contribution >= 0.6 is 0 Å². The van der Waals surface area contributed by atoms with Crippen LogP contribution in [0.4, 0.5) is 8.78 Å². The molecule has 2 heterocycles. The highest BCUT2D eigenvalue weighted by Crippen LogP contribution is 2.39. The van der Waals surface area contributed by atoms with Crippen LogP contribution in [0.5, 0.6) is 0 Å². The van der Waals surface area contributed by atoms with Crippen molar-refractivity contribution in [1.29, 1.82) is 0 Å². The number of carbonyl (C=O) groups is 1. The second-order valence-corrected chi connectivity index (χ2v) is 5.91. The number of nitrogens with one attached hydrogen (secondary N) is 1. The van der Waals surface area contributed by atoms with Gasteiger partial charge in [0.05, 0.1) is 0 Å². The summed E-state index contributed by atoms with van der Waals surface area (Å²) >= 11 is 0. The van der Waals surface area contributed by atoms with Gasteiger partial charge in [0, 0.05) is 31.1 Å². The summed E-state index contributed by atoms with van der Waals surface area (Å²) in [6, 6.07) is 3.53. The molecule has 1 N–H and O–H groups in total. The van der Waals surface area contributed by atoms with Crippen LogP contribution in [0.2, 0.25) is 0 Å². The summed E-state index contributed by atoms with van der Waals surface area (Å²) in [4.78, 5) is 13.8. The number of benzene rings is 1. The summed E-state index contributed by atoms with van der Waals surface area (Å²) < 4.78 is 26.6. The molecule has 1 aromatic rings. The third-order valence-electron chi connectivity index (χ3n) is 4.45. The SMILES string of the molecule is O=C1CC2(CCNCC2)CN1Cc1ccc(F)cc1F. The molecule has 2 saturated heterocycles. The first-order valence-electron chi connectivity index (χ1n) is 7.00. The maximum Gasteiger partial charge on any atom is 0.223 e. The molecule has 0 atom stereocenters. The Labute approximate surface area is 117 Å². The minimum atomic E-state index is -0.589. The molecule has 1 spiro atoms. The van der Waals surface area contributed by atoms with Crippen molar-refractivity contribution in [2.75, 3.05) is 19.6 Å². The number of rotatable bonds is 2. The Morgan fingerprint density at radius 1 is 1.25 bits per heavy atom. The van der Waals surface area contributed by atoms with E-state index < -0.39 is 11.6 Å². The van der Waals surface area contributed by atoms with Crippen molar-refractivity contribution in [3.05, 3.63) is 35.4 Å². The lowest BCUT2D eigenvalue weighted by Gasteiger charge is -2.33. The highest BCUT2D eigenvalue weighted by Gasteiger charge is 2.43. The van der Waals surface area contributed by atoms with Crippen LogP contribution in [-0.4, -0.2) is 30.4 Å². The molecule has 108 valence electrons. The summed E-state index contributed by atoms with van der Waals surface area (Å²) in [5.74, 6) is -1.09. The zero-order chi connectivity index (χ0) is 14.2. The van der Waals surface area contributed by atoms with Gasteiger partial charge in [0.25, 0.3) is 0 Å². The summed E-state index contributed by atoms with van der Waals surface area (Å²) in [6.45, 7) is 2.79. The maximum absolute atomic E-state index is 13.7. The molecule has 5 heteroatoms. The molecule has 0 radical (unpaired) electrons. The van der Waals surface area contributed by atoms with Gasteiger partial charge in [-0.05, 0) is 37.4 Å². The van der Waals surface area contributed by atoms with E-state index in [0.717, 1.165) is 32.0 Å². The fourth-order valence-corrected chi connectivity index (χ4v) is 3.27. The fraction of sp³-hybridized carbons (Fsp3) is 0.533. The molecule has 1 amide bonds. The molecule has 2 aliphatic heterocycles. The summed E-state index contributed by atoms with van der Waals surface area (Å²) in [6.07, 6.45) is 2.53. The molecular formula is C15H18F2N2O. The Morgan fingerprint density at radius 3 is 2.70 bits per heavy atom. The smallest absolute Gasteiger partial charge is 0.223 e. The maximum atomic E-state index is 13.7. The van der Waals surface area contributed by atoms with Gasteiger partial charge in [-0.1, -0.05) is 6.07 Å². The molecule has 1 aromatic carbocycles. The second kappa shape index (κ2) is 5.13.